The van der Waals surface area contributed by atoms with Crippen LogP contribution in [0.1, 0.15) is 51.4 Å². The van der Waals surface area contributed by atoms with E-state index in [9.17, 15) is 5.26 Å². The Morgan fingerprint density at radius 1 is 0.875 bits per heavy atom. The average Bonchev–Trinajstić information content (AvgIpc) is 2.43. The molecule has 1 heterocycles. The molecule has 2 heteroatoms. The lowest BCUT2D eigenvalue weighted by Gasteiger charge is -2.43. The van der Waals surface area contributed by atoms with E-state index in [0.717, 1.165) is 25.9 Å². The van der Waals surface area contributed by atoms with Crippen LogP contribution in [0.5, 0.6) is 0 Å². The predicted molar refractivity (Wildman–Crippen MR) is 68.1 cm³/mol. The Hall–Kier alpha value is -0.810. The fourth-order valence-electron chi connectivity index (χ4n) is 2.96. The zero-order chi connectivity index (χ0) is 11.9. The van der Waals surface area contributed by atoms with Crippen LogP contribution >= 0.6 is 0 Å². The number of hydrogen-bond donors (Lipinski definition) is 0. The summed E-state index contributed by atoms with van der Waals surface area (Å²) in [5.74, 6) is 0. The number of nitrogens with zero attached hydrogens (tertiary/aromatic N) is 2. The van der Waals surface area contributed by atoms with E-state index in [2.05, 4.69) is 24.1 Å². The maximum Gasteiger partial charge on any atom is 0.109 e. The van der Waals surface area contributed by atoms with Gasteiger partial charge in [-0.05, 0) is 38.8 Å². The van der Waals surface area contributed by atoms with E-state index >= 15 is 0 Å². The summed E-state index contributed by atoms with van der Waals surface area (Å²) in [7, 11) is 0. The van der Waals surface area contributed by atoms with Crippen LogP contribution in [0, 0.1) is 11.3 Å². The van der Waals surface area contributed by atoms with Gasteiger partial charge in [0.2, 0.25) is 0 Å². The second-order valence-electron chi connectivity index (χ2n) is 4.75. The van der Waals surface area contributed by atoms with Crippen LogP contribution in [-0.4, -0.2) is 23.5 Å². The van der Waals surface area contributed by atoms with E-state index in [4.69, 9.17) is 0 Å². The minimum Gasteiger partial charge on any atom is -0.286 e. The standard InChI is InChI=1S/C12H20N2.C2H4/c13-11-12(7-3-1-4-8-12)14-9-5-2-6-10-14;1-2/h1-10H2;1-2H2. The number of hydrogen-bond acceptors (Lipinski definition) is 2. The first-order valence-corrected chi connectivity index (χ1v) is 6.54. The van der Waals surface area contributed by atoms with Crippen molar-refractivity contribution >= 4 is 0 Å². The summed E-state index contributed by atoms with van der Waals surface area (Å²) in [6.07, 6.45) is 10.0. The minimum absolute atomic E-state index is 0.0708. The van der Waals surface area contributed by atoms with Crippen LogP contribution in [0.2, 0.25) is 0 Å². The number of rotatable bonds is 1. The topological polar surface area (TPSA) is 27.0 Å². The van der Waals surface area contributed by atoms with Crippen molar-refractivity contribution in [2.24, 2.45) is 0 Å². The van der Waals surface area contributed by atoms with Crippen molar-refractivity contribution in [2.75, 3.05) is 13.1 Å². The molecular formula is C14H24N2. The lowest BCUT2D eigenvalue weighted by atomic mass is 9.80. The van der Waals surface area contributed by atoms with Crippen molar-refractivity contribution in [3.63, 3.8) is 0 Å². The molecule has 0 atom stereocenters. The van der Waals surface area contributed by atoms with Gasteiger partial charge in [0, 0.05) is 0 Å². The van der Waals surface area contributed by atoms with Gasteiger partial charge in [0.15, 0.2) is 0 Å². The third-order valence-electron chi connectivity index (χ3n) is 3.85. The number of piperidine rings is 1. The molecule has 2 fully saturated rings. The quantitative estimate of drug-likeness (QED) is 0.632. The molecule has 2 aliphatic rings. The van der Waals surface area contributed by atoms with Crippen LogP contribution < -0.4 is 0 Å². The molecular weight excluding hydrogens is 196 g/mol. The van der Waals surface area contributed by atoms with E-state index < -0.39 is 0 Å². The Labute approximate surface area is 99.9 Å². The van der Waals surface area contributed by atoms with Gasteiger partial charge in [-0.15, -0.1) is 13.2 Å². The molecule has 0 bridgehead atoms. The summed E-state index contributed by atoms with van der Waals surface area (Å²) in [4.78, 5) is 2.47. The van der Waals surface area contributed by atoms with E-state index in [1.807, 2.05) is 0 Å². The highest BCUT2D eigenvalue weighted by atomic mass is 15.2. The zero-order valence-corrected chi connectivity index (χ0v) is 10.4. The molecule has 16 heavy (non-hydrogen) atoms. The van der Waals surface area contributed by atoms with Crippen LogP contribution in [0.25, 0.3) is 0 Å². The fraction of sp³-hybridized carbons (Fsp3) is 0.786. The highest BCUT2D eigenvalue weighted by molar-refractivity contribution is 5.10. The second-order valence-corrected chi connectivity index (χ2v) is 4.75. The maximum atomic E-state index is 9.40. The first kappa shape index (κ1) is 13.3. The third-order valence-corrected chi connectivity index (χ3v) is 3.85. The Kier molecular flexibility index (Phi) is 5.55. The molecule has 0 aromatic heterocycles. The molecule has 0 unspecified atom stereocenters. The van der Waals surface area contributed by atoms with Gasteiger partial charge in [0.25, 0.3) is 0 Å². The highest BCUT2D eigenvalue weighted by Gasteiger charge is 2.38. The lowest BCUT2D eigenvalue weighted by Crippen LogP contribution is -2.51. The highest BCUT2D eigenvalue weighted by Crippen LogP contribution is 2.34. The second kappa shape index (κ2) is 6.70. The van der Waals surface area contributed by atoms with Gasteiger partial charge in [-0.25, -0.2) is 0 Å². The van der Waals surface area contributed by atoms with Crippen molar-refractivity contribution in [1.29, 1.82) is 5.26 Å². The summed E-state index contributed by atoms with van der Waals surface area (Å²) in [5, 5.41) is 9.40. The van der Waals surface area contributed by atoms with Gasteiger partial charge in [-0.3, -0.25) is 4.90 Å². The Morgan fingerprint density at radius 2 is 1.38 bits per heavy atom. The smallest absolute Gasteiger partial charge is 0.109 e. The zero-order valence-electron chi connectivity index (χ0n) is 10.4. The summed E-state index contributed by atoms with van der Waals surface area (Å²) in [6, 6.07) is 2.61. The van der Waals surface area contributed by atoms with Gasteiger partial charge in [-0.1, -0.05) is 25.7 Å². The predicted octanol–water partition coefficient (Wildman–Crippen LogP) is 3.50. The molecule has 0 N–H and O–H groups in total. The first-order valence-electron chi connectivity index (χ1n) is 6.54. The monoisotopic (exact) mass is 220 g/mol. The summed E-state index contributed by atoms with van der Waals surface area (Å²) in [5.41, 5.74) is -0.0708. The summed E-state index contributed by atoms with van der Waals surface area (Å²) < 4.78 is 0. The van der Waals surface area contributed by atoms with Crippen LogP contribution in [-0.2, 0) is 0 Å². The van der Waals surface area contributed by atoms with Crippen LogP contribution in [0.15, 0.2) is 13.2 Å². The van der Waals surface area contributed by atoms with Gasteiger partial charge >= 0.3 is 0 Å². The number of likely N-dealkylation sites (tertiary alicyclic amines) is 1. The van der Waals surface area contributed by atoms with Crippen molar-refractivity contribution < 1.29 is 0 Å². The lowest BCUT2D eigenvalue weighted by molar-refractivity contribution is 0.0776. The van der Waals surface area contributed by atoms with Crippen molar-refractivity contribution in [1.82, 2.24) is 4.90 Å². The average molecular weight is 220 g/mol. The van der Waals surface area contributed by atoms with Crippen LogP contribution in [0.4, 0.5) is 0 Å². The molecule has 1 aliphatic carbocycles. The normalized spacial score (nSPS) is 24.9. The summed E-state index contributed by atoms with van der Waals surface area (Å²) >= 11 is 0. The molecule has 90 valence electrons. The van der Waals surface area contributed by atoms with E-state index in [1.165, 1.54) is 38.5 Å². The molecule has 1 aliphatic heterocycles. The Balaban J connectivity index is 0.000000606. The Bertz CT molecular complexity index is 230. The largest absolute Gasteiger partial charge is 0.286 e. The minimum atomic E-state index is -0.0708. The van der Waals surface area contributed by atoms with Crippen molar-refractivity contribution in [3.8, 4) is 6.07 Å². The molecule has 2 nitrogen and oxygen atoms in total. The molecule has 0 aromatic rings. The molecule has 0 radical (unpaired) electrons. The van der Waals surface area contributed by atoms with Crippen molar-refractivity contribution in [3.05, 3.63) is 13.2 Å². The third kappa shape index (κ3) is 2.86. The van der Waals surface area contributed by atoms with E-state index in [-0.39, 0.29) is 5.54 Å². The fourth-order valence-corrected chi connectivity index (χ4v) is 2.96. The molecule has 2 rings (SSSR count). The van der Waals surface area contributed by atoms with Gasteiger partial charge in [0.1, 0.15) is 5.54 Å². The summed E-state index contributed by atoms with van der Waals surface area (Å²) in [6.45, 7) is 8.32. The van der Waals surface area contributed by atoms with Crippen molar-refractivity contribution in [2.45, 2.75) is 56.9 Å². The first-order chi connectivity index (χ1) is 7.87. The number of nitriles is 1. The molecule has 0 amide bonds. The SMILES string of the molecule is C=C.N#CC1(N2CCCCC2)CCCCC1. The van der Waals surface area contributed by atoms with Gasteiger partial charge in [0.05, 0.1) is 6.07 Å². The molecule has 0 aromatic carbocycles. The van der Waals surface area contributed by atoms with Gasteiger partial charge in [-0.2, -0.15) is 5.26 Å². The molecule has 1 saturated carbocycles. The van der Waals surface area contributed by atoms with E-state index in [0.29, 0.717) is 0 Å². The Morgan fingerprint density at radius 3 is 1.88 bits per heavy atom. The van der Waals surface area contributed by atoms with E-state index in [1.54, 1.807) is 0 Å². The maximum absolute atomic E-state index is 9.40. The molecule has 0 spiro atoms. The van der Waals surface area contributed by atoms with Gasteiger partial charge < -0.3 is 0 Å². The molecule has 1 saturated heterocycles. The van der Waals surface area contributed by atoms with Crippen LogP contribution in [0.3, 0.4) is 0 Å².